The maximum atomic E-state index is 14.5. The third kappa shape index (κ3) is 5.89. The molecule has 4 rings (SSSR count). The molecule has 0 aliphatic carbocycles. The molecule has 5 nitrogen and oxygen atoms in total. The molecule has 0 amide bonds. The first-order chi connectivity index (χ1) is 16.0. The van der Waals surface area contributed by atoms with Gasteiger partial charge in [-0.3, -0.25) is 4.98 Å². The van der Waals surface area contributed by atoms with Crippen molar-refractivity contribution in [2.75, 3.05) is 20.2 Å². The van der Waals surface area contributed by atoms with Gasteiger partial charge in [-0.05, 0) is 49.9 Å². The van der Waals surface area contributed by atoms with Crippen molar-refractivity contribution in [1.82, 2.24) is 20.6 Å². The van der Waals surface area contributed by atoms with Gasteiger partial charge in [0, 0.05) is 42.4 Å². The Labute approximate surface area is 191 Å². The Morgan fingerprint density at radius 3 is 2.82 bits per heavy atom. The Hall–Kier alpha value is -2.97. The first kappa shape index (κ1) is 23.2. The largest absolute Gasteiger partial charge is 0.481 e. The van der Waals surface area contributed by atoms with Gasteiger partial charge in [-0.1, -0.05) is 12.2 Å². The van der Waals surface area contributed by atoms with Crippen LogP contribution in [0.2, 0.25) is 0 Å². The fraction of sp³-hybridized carbons (Fsp3) is 0.360. The van der Waals surface area contributed by atoms with E-state index in [1.54, 1.807) is 24.3 Å². The Balaban J connectivity index is 1.26. The average Bonchev–Trinajstić information content (AvgIpc) is 2.83. The first-order valence-corrected chi connectivity index (χ1v) is 11.1. The number of methoxy groups -OCH3 is 1. The molecule has 33 heavy (non-hydrogen) atoms. The van der Waals surface area contributed by atoms with E-state index >= 15 is 0 Å². The van der Waals surface area contributed by atoms with Gasteiger partial charge >= 0.3 is 0 Å². The lowest BCUT2D eigenvalue weighted by molar-refractivity contribution is 0.320. The number of benzene rings is 1. The summed E-state index contributed by atoms with van der Waals surface area (Å²) in [4.78, 5) is 8.52. The topological polar surface area (TPSA) is 59.1 Å². The number of hydrogen-bond donors (Lipinski definition) is 2. The second-order valence-electron chi connectivity index (χ2n) is 8.20. The van der Waals surface area contributed by atoms with E-state index < -0.39 is 11.6 Å². The summed E-state index contributed by atoms with van der Waals surface area (Å²) in [5.74, 6) is -0.807. The maximum absolute atomic E-state index is 14.5. The van der Waals surface area contributed by atoms with Gasteiger partial charge in [0.2, 0.25) is 5.88 Å². The first-order valence-electron chi connectivity index (χ1n) is 11.1. The summed E-state index contributed by atoms with van der Waals surface area (Å²) in [5, 5.41) is 6.93. The molecular formula is C25H27F3N4O. The Kier molecular flexibility index (Phi) is 7.57. The average molecular weight is 457 g/mol. The molecule has 0 bridgehead atoms. The molecule has 1 fully saturated rings. The highest BCUT2D eigenvalue weighted by Crippen LogP contribution is 2.23. The highest BCUT2D eigenvalue weighted by molar-refractivity contribution is 5.78. The third-order valence-electron chi connectivity index (χ3n) is 5.99. The lowest BCUT2D eigenvalue weighted by Crippen LogP contribution is -2.48. The number of aryl methyl sites for hydroxylation is 1. The van der Waals surface area contributed by atoms with E-state index in [1.807, 2.05) is 0 Å². The molecule has 174 valence electrons. The number of fused-ring (bicyclic) bond motifs is 1. The van der Waals surface area contributed by atoms with Gasteiger partial charge in [-0.2, -0.15) is 0 Å². The normalized spacial score (nSPS) is 18.8. The molecule has 1 aliphatic rings. The summed E-state index contributed by atoms with van der Waals surface area (Å²) in [7, 11) is 1.53. The van der Waals surface area contributed by atoms with Crippen LogP contribution in [0, 0.1) is 17.5 Å². The maximum Gasteiger partial charge on any atom is 0.213 e. The number of halogens is 3. The number of nitrogens with one attached hydrogen (secondary N) is 2. The predicted molar refractivity (Wildman–Crippen MR) is 123 cm³/mol. The molecule has 1 saturated heterocycles. The standard InChI is InChI=1S/C25H27F3N4O/c1-33-24-11-10-23-25(32-24)20(22(28)15-31-23)8-7-18-5-6-19(14-30-18)29-12-2-3-16-13-17(26)4-9-21(16)27/h2-4,9-11,13,15,18-19,29-30H,5-8,12,14H2,1H3/b3-2+. The number of rotatable bonds is 8. The number of hydrogen-bond acceptors (Lipinski definition) is 5. The SMILES string of the molecule is COc1ccc2ncc(F)c(CCC3CCC(NC/C=C/c4cc(F)ccc4F)CN3)c2n1. The van der Waals surface area contributed by atoms with Gasteiger partial charge in [0.15, 0.2) is 0 Å². The molecular weight excluding hydrogens is 429 g/mol. The lowest BCUT2D eigenvalue weighted by atomic mass is 9.95. The van der Waals surface area contributed by atoms with E-state index in [1.165, 1.54) is 19.4 Å². The van der Waals surface area contributed by atoms with Crippen molar-refractivity contribution >= 4 is 17.1 Å². The fourth-order valence-corrected chi connectivity index (χ4v) is 4.15. The van der Waals surface area contributed by atoms with Crippen LogP contribution in [0.4, 0.5) is 13.2 Å². The van der Waals surface area contributed by atoms with Crippen molar-refractivity contribution in [3.63, 3.8) is 0 Å². The highest BCUT2D eigenvalue weighted by Gasteiger charge is 2.21. The molecule has 1 aliphatic heterocycles. The molecule has 0 spiro atoms. The molecule has 2 atom stereocenters. The Morgan fingerprint density at radius 1 is 1.15 bits per heavy atom. The molecule has 0 radical (unpaired) electrons. The summed E-state index contributed by atoms with van der Waals surface area (Å²) < 4.78 is 46.6. The van der Waals surface area contributed by atoms with Crippen LogP contribution in [0.25, 0.3) is 17.1 Å². The zero-order valence-corrected chi connectivity index (χ0v) is 18.5. The van der Waals surface area contributed by atoms with Crippen LogP contribution in [-0.4, -0.2) is 42.3 Å². The number of piperidine rings is 1. The zero-order chi connectivity index (χ0) is 23.2. The van der Waals surface area contributed by atoms with E-state index in [0.717, 1.165) is 37.9 Å². The summed E-state index contributed by atoms with van der Waals surface area (Å²) in [6.07, 6.45) is 7.92. The van der Waals surface area contributed by atoms with E-state index in [-0.39, 0.29) is 23.5 Å². The van der Waals surface area contributed by atoms with Crippen molar-refractivity contribution < 1.29 is 17.9 Å². The van der Waals surface area contributed by atoms with Gasteiger partial charge in [0.05, 0.1) is 24.3 Å². The van der Waals surface area contributed by atoms with Crippen LogP contribution in [0.3, 0.4) is 0 Å². The molecule has 2 N–H and O–H groups in total. The number of pyridine rings is 2. The monoisotopic (exact) mass is 456 g/mol. The van der Waals surface area contributed by atoms with Gasteiger partial charge in [-0.25, -0.2) is 18.2 Å². The van der Waals surface area contributed by atoms with Crippen molar-refractivity contribution in [3.05, 3.63) is 71.2 Å². The minimum atomic E-state index is -0.457. The van der Waals surface area contributed by atoms with Crippen molar-refractivity contribution in [1.29, 1.82) is 0 Å². The van der Waals surface area contributed by atoms with Crippen LogP contribution in [-0.2, 0) is 6.42 Å². The van der Waals surface area contributed by atoms with Crippen molar-refractivity contribution in [3.8, 4) is 5.88 Å². The Bertz CT molecular complexity index is 1130. The Morgan fingerprint density at radius 2 is 2.03 bits per heavy atom. The van der Waals surface area contributed by atoms with E-state index in [0.29, 0.717) is 35.4 Å². The molecule has 1 aromatic carbocycles. The van der Waals surface area contributed by atoms with Crippen LogP contribution >= 0.6 is 0 Å². The molecule has 3 heterocycles. The fourth-order valence-electron chi connectivity index (χ4n) is 4.15. The second kappa shape index (κ2) is 10.8. The van der Waals surface area contributed by atoms with Crippen LogP contribution in [0.5, 0.6) is 5.88 Å². The van der Waals surface area contributed by atoms with Gasteiger partial charge in [0.1, 0.15) is 17.5 Å². The number of ether oxygens (including phenoxy) is 1. The minimum Gasteiger partial charge on any atom is -0.481 e. The summed E-state index contributed by atoms with van der Waals surface area (Å²) >= 11 is 0. The highest BCUT2D eigenvalue weighted by atomic mass is 19.1. The quantitative estimate of drug-likeness (QED) is 0.526. The third-order valence-corrected chi connectivity index (χ3v) is 5.99. The minimum absolute atomic E-state index is 0.238. The number of aromatic nitrogens is 2. The smallest absolute Gasteiger partial charge is 0.213 e. The predicted octanol–water partition coefficient (Wildman–Crippen LogP) is 4.41. The zero-order valence-electron chi connectivity index (χ0n) is 18.5. The van der Waals surface area contributed by atoms with E-state index in [9.17, 15) is 13.2 Å². The molecule has 2 aromatic heterocycles. The van der Waals surface area contributed by atoms with Gasteiger partial charge in [0.25, 0.3) is 0 Å². The molecule has 0 saturated carbocycles. The van der Waals surface area contributed by atoms with Crippen LogP contribution in [0.1, 0.15) is 30.4 Å². The van der Waals surface area contributed by atoms with E-state index in [4.69, 9.17) is 4.74 Å². The van der Waals surface area contributed by atoms with Gasteiger partial charge in [-0.15, -0.1) is 0 Å². The summed E-state index contributed by atoms with van der Waals surface area (Å²) in [6.45, 7) is 1.35. The van der Waals surface area contributed by atoms with Crippen LogP contribution in [0.15, 0.2) is 42.6 Å². The summed E-state index contributed by atoms with van der Waals surface area (Å²) in [6, 6.07) is 7.49. The number of nitrogens with zero attached hydrogens (tertiary/aromatic N) is 2. The molecule has 3 aromatic rings. The van der Waals surface area contributed by atoms with Crippen LogP contribution < -0.4 is 15.4 Å². The summed E-state index contributed by atoms with van der Waals surface area (Å²) in [5.41, 5.74) is 2.00. The van der Waals surface area contributed by atoms with Crippen molar-refractivity contribution in [2.24, 2.45) is 0 Å². The molecule has 2 unspecified atom stereocenters. The lowest BCUT2D eigenvalue weighted by Gasteiger charge is -2.30. The van der Waals surface area contributed by atoms with E-state index in [2.05, 4.69) is 20.6 Å². The molecule has 8 heteroatoms. The van der Waals surface area contributed by atoms with Crippen molar-refractivity contribution in [2.45, 2.75) is 37.8 Å². The second-order valence-corrected chi connectivity index (χ2v) is 8.20. The van der Waals surface area contributed by atoms with Gasteiger partial charge < -0.3 is 15.4 Å².